The van der Waals surface area contributed by atoms with E-state index in [0.717, 1.165) is 11.8 Å². The van der Waals surface area contributed by atoms with Crippen LogP contribution >= 0.6 is 0 Å². The summed E-state index contributed by atoms with van der Waals surface area (Å²) in [6.07, 6.45) is 1.07. The zero-order valence-electron chi connectivity index (χ0n) is 17.6. The summed E-state index contributed by atoms with van der Waals surface area (Å²) in [7, 11) is 0. The average Bonchev–Trinajstić information content (AvgIpc) is 3.10. The standard InChI is InChI=1S/C22H27F2N3O3/c1-4-27-19(11-15(3)25-27)20(28)26-10-6-9-22(14-26,21(29)30-5-2)13-16-7-8-17(23)12-18(16)24/h7-8,11-12H,4-6,9-10,13-14H2,1-3H3/t22-/m1/s1. The summed E-state index contributed by atoms with van der Waals surface area (Å²) in [6.45, 7) is 6.75. The number of ether oxygens (including phenoxy) is 1. The highest BCUT2D eigenvalue weighted by molar-refractivity contribution is 5.93. The zero-order chi connectivity index (χ0) is 21.9. The van der Waals surface area contributed by atoms with Crippen LogP contribution in [0.25, 0.3) is 0 Å². The van der Waals surface area contributed by atoms with E-state index in [2.05, 4.69) is 5.10 Å². The first-order valence-corrected chi connectivity index (χ1v) is 10.2. The Balaban J connectivity index is 1.92. The molecule has 3 rings (SSSR count). The number of carbonyl (C=O) groups excluding carboxylic acids is 2. The van der Waals surface area contributed by atoms with E-state index in [9.17, 15) is 18.4 Å². The van der Waals surface area contributed by atoms with Crippen LogP contribution in [0.4, 0.5) is 8.78 Å². The van der Waals surface area contributed by atoms with E-state index in [0.29, 0.717) is 31.6 Å². The van der Waals surface area contributed by atoms with Crippen LogP contribution in [-0.4, -0.2) is 46.3 Å². The Morgan fingerprint density at radius 1 is 1.23 bits per heavy atom. The molecule has 1 fully saturated rings. The smallest absolute Gasteiger partial charge is 0.314 e. The van der Waals surface area contributed by atoms with Gasteiger partial charge in [0.25, 0.3) is 5.91 Å². The van der Waals surface area contributed by atoms with E-state index in [1.54, 1.807) is 22.6 Å². The lowest BCUT2D eigenvalue weighted by Gasteiger charge is -2.41. The van der Waals surface area contributed by atoms with Gasteiger partial charge in [-0.25, -0.2) is 8.78 Å². The first kappa shape index (κ1) is 21.9. The van der Waals surface area contributed by atoms with Gasteiger partial charge in [-0.1, -0.05) is 6.07 Å². The molecule has 1 aromatic carbocycles. The van der Waals surface area contributed by atoms with Crippen LogP contribution in [-0.2, 0) is 22.5 Å². The van der Waals surface area contributed by atoms with Crippen LogP contribution in [0.1, 0.15) is 48.4 Å². The lowest BCUT2D eigenvalue weighted by molar-refractivity contribution is -0.158. The Bertz CT molecular complexity index is 944. The Hall–Kier alpha value is -2.77. The number of hydrogen-bond donors (Lipinski definition) is 0. The van der Waals surface area contributed by atoms with Crippen LogP contribution in [0.2, 0.25) is 0 Å². The molecule has 1 amide bonds. The lowest BCUT2D eigenvalue weighted by Crippen LogP contribution is -2.52. The number of aryl methyl sites for hydroxylation is 2. The second-order valence-corrected chi connectivity index (χ2v) is 7.73. The molecule has 0 N–H and O–H groups in total. The third kappa shape index (κ3) is 4.37. The van der Waals surface area contributed by atoms with Gasteiger partial charge in [-0.05, 0) is 57.7 Å². The number of rotatable bonds is 6. The van der Waals surface area contributed by atoms with Gasteiger partial charge in [0.15, 0.2) is 0 Å². The van der Waals surface area contributed by atoms with Crippen LogP contribution < -0.4 is 0 Å². The van der Waals surface area contributed by atoms with Gasteiger partial charge in [0, 0.05) is 25.7 Å². The normalized spacial score (nSPS) is 19.0. The van der Waals surface area contributed by atoms with Crippen molar-refractivity contribution in [1.82, 2.24) is 14.7 Å². The molecule has 0 aliphatic carbocycles. The molecule has 0 bridgehead atoms. The van der Waals surface area contributed by atoms with E-state index in [1.807, 2.05) is 13.8 Å². The van der Waals surface area contributed by atoms with Gasteiger partial charge >= 0.3 is 5.97 Å². The quantitative estimate of drug-likeness (QED) is 0.672. The lowest BCUT2D eigenvalue weighted by atomic mass is 9.74. The Morgan fingerprint density at radius 2 is 2.00 bits per heavy atom. The van der Waals surface area contributed by atoms with E-state index in [4.69, 9.17) is 4.74 Å². The molecule has 0 spiro atoms. The number of halogens is 2. The van der Waals surface area contributed by atoms with Crippen molar-refractivity contribution in [3.63, 3.8) is 0 Å². The molecule has 0 radical (unpaired) electrons. The van der Waals surface area contributed by atoms with Gasteiger partial charge in [0.05, 0.1) is 17.7 Å². The number of benzene rings is 1. The minimum atomic E-state index is -1.09. The van der Waals surface area contributed by atoms with E-state index in [1.165, 1.54) is 12.1 Å². The highest BCUT2D eigenvalue weighted by atomic mass is 19.1. The number of nitrogens with zero attached hydrogens (tertiary/aromatic N) is 3. The van der Waals surface area contributed by atoms with Gasteiger partial charge in [-0.3, -0.25) is 14.3 Å². The van der Waals surface area contributed by atoms with E-state index < -0.39 is 23.0 Å². The monoisotopic (exact) mass is 419 g/mol. The zero-order valence-corrected chi connectivity index (χ0v) is 17.6. The number of esters is 1. The number of hydrogen-bond acceptors (Lipinski definition) is 4. The fourth-order valence-electron chi connectivity index (χ4n) is 4.12. The third-order valence-corrected chi connectivity index (χ3v) is 5.54. The minimum Gasteiger partial charge on any atom is -0.466 e. The highest BCUT2D eigenvalue weighted by Crippen LogP contribution is 2.36. The molecule has 0 unspecified atom stereocenters. The predicted octanol–water partition coefficient (Wildman–Crippen LogP) is 3.52. The number of carbonyl (C=O) groups is 2. The van der Waals surface area contributed by atoms with Crippen molar-refractivity contribution in [2.24, 2.45) is 5.41 Å². The number of piperidine rings is 1. The fraction of sp³-hybridized carbons (Fsp3) is 0.500. The minimum absolute atomic E-state index is 0.0355. The second kappa shape index (κ2) is 8.93. The number of amides is 1. The molecule has 8 heteroatoms. The van der Waals surface area contributed by atoms with Crippen molar-refractivity contribution in [2.45, 2.75) is 46.6 Å². The largest absolute Gasteiger partial charge is 0.466 e. The van der Waals surface area contributed by atoms with Gasteiger partial charge in [0.1, 0.15) is 17.3 Å². The summed E-state index contributed by atoms with van der Waals surface area (Å²) in [4.78, 5) is 27.8. The van der Waals surface area contributed by atoms with Crippen molar-refractivity contribution >= 4 is 11.9 Å². The average molecular weight is 419 g/mol. The van der Waals surface area contributed by atoms with Crippen molar-refractivity contribution in [1.29, 1.82) is 0 Å². The number of aromatic nitrogens is 2. The molecule has 1 aliphatic heterocycles. The van der Waals surface area contributed by atoms with Crippen LogP contribution in [0.15, 0.2) is 24.3 Å². The van der Waals surface area contributed by atoms with Crippen LogP contribution in [0, 0.1) is 24.0 Å². The SMILES string of the molecule is CCOC(=O)[C@@]1(Cc2ccc(F)cc2F)CCCN(C(=O)c2cc(C)nn2CC)C1. The van der Waals surface area contributed by atoms with Crippen molar-refractivity contribution < 1.29 is 23.1 Å². The van der Waals surface area contributed by atoms with Crippen molar-refractivity contribution in [3.05, 3.63) is 52.9 Å². The summed E-state index contributed by atoms with van der Waals surface area (Å²) in [5.74, 6) is -2.07. The fourth-order valence-corrected chi connectivity index (χ4v) is 4.12. The maximum Gasteiger partial charge on any atom is 0.314 e. The molecule has 0 saturated carbocycles. The Kier molecular flexibility index (Phi) is 6.53. The van der Waals surface area contributed by atoms with Crippen LogP contribution in [0.5, 0.6) is 0 Å². The molecule has 1 atom stereocenters. The highest BCUT2D eigenvalue weighted by Gasteiger charge is 2.45. The molecule has 2 heterocycles. The second-order valence-electron chi connectivity index (χ2n) is 7.73. The van der Waals surface area contributed by atoms with Gasteiger partial charge in [-0.15, -0.1) is 0 Å². The maximum absolute atomic E-state index is 14.4. The molecule has 1 aliphatic rings. The van der Waals surface area contributed by atoms with Crippen molar-refractivity contribution in [3.8, 4) is 0 Å². The maximum atomic E-state index is 14.4. The molecule has 1 aromatic heterocycles. The summed E-state index contributed by atoms with van der Waals surface area (Å²) in [6, 6.07) is 5.06. The third-order valence-electron chi connectivity index (χ3n) is 5.54. The molecule has 2 aromatic rings. The predicted molar refractivity (Wildman–Crippen MR) is 107 cm³/mol. The van der Waals surface area contributed by atoms with Gasteiger partial charge < -0.3 is 9.64 Å². The summed E-state index contributed by atoms with van der Waals surface area (Å²) < 4.78 is 34.6. The molecule has 30 heavy (non-hydrogen) atoms. The topological polar surface area (TPSA) is 64.4 Å². The summed E-state index contributed by atoms with van der Waals surface area (Å²) in [5, 5.41) is 4.33. The molecule has 6 nitrogen and oxygen atoms in total. The van der Waals surface area contributed by atoms with Gasteiger partial charge in [-0.2, -0.15) is 5.10 Å². The van der Waals surface area contributed by atoms with E-state index in [-0.39, 0.29) is 31.0 Å². The molecular weight excluding hydrogens is 392 g/mol. The Morgan fingerprint density at radius 3 is 2.67 bits per heavy atom. The van der Waals surface area contributed by atoms with Gasteiger partial charge in [0.2, 0.25) is 0 Å². The first-order chi connectivity index (χ1) is 14.3. The molecular formula is C22H27F2N3O3. The Labute approximate surface area is 174 Å². The first-order valence-electron chi connectivity index (χ1n) is 10.2. The molecule has 1 saturated heterocycles. The van der Waals surface area contributed by atoms with E-state index >= 15 is 0 Å². The summed E-state index contributed by atoms with van der Waals surface area (Å²) in [5.41, 5.74) is 0.340. The van der Waals surface area contributed by atoms with Crippen molar-refractivity contribution in [2.75, 3.05) is 19.7 Å². The number of likely N-dealkylation sites (tertiary alicyclic amines) is 1. The molecule has 162 valence electrons. The summed E-state index contributed by atoms with van der Waals surface area (Å²) >= 11 is 0. The van der Waals surface area contributed by atoms with Crippen LogP contribution in [0.3, 0.4) is 0 Å².